The van der Waals surface area contributed by atoms with Crippen LogP contribution in [-0.2, 0) is 35.3 Å². The van der Waals surface area contributed by atoms with Crippen LogP contribution in [0.15, 0.2) is 97.1 Å². The summed E-state index contributed by atoms with van der Waals surface area (Å²) in [6, 6.07) is 32.6. The van der Waals surface area contributed by atoms with Gasteiger partial charge in [-0.3, -0.25) is 19.4 Å². The number of rotatable bonds is 0. The van der Waals surface area contributed by atoms with E-state index in [0.717, 1.165) is 48.4 Å². The van der Waals surface area contributed by atoms with Gasteiger partial charge in [-0.1, -0.05) is 72.8 Å². The fraction of sp³-hybridized carbons (Fsp3) is 0.188. The minimum atomic E-state index is 0.0665. The van der Waals surface area contributed by atoms with Gasteiger partial charge in [0.2, 0.25) is 11.8 Å². The Morgan fingerprint density at radius 1 is 0.444 bits per heavy atom. The first kappa shape index (κ1) is 23.6. The van der Waals surface area contributed by atoms with Crippen LogP contribution in [0.3, 0.4) is 0 Å². The minimum Gasteiger partial charge on any atom is -0.281 e. The van der Waals surface area contributed by atoms with E-state index in [2.05, 4.69) is 24.3 Å². The number of carbonyl (C=O) groups is 2. The Labute approximate surface area is 212 Å². The van der Waals surface area contributed by atoms with Crippen molar-refractivity contribution in [3.8, 4) is 0 Å². The number of amides is 2. The fourth-order valence-electron chi connectivity index (χ4n) is 5.24. The van der Waals surface area contributed by atoms with Crippen molar-refractivity contribution in [3.05, 3.63) is 119 Å². The van der Waals surface area contributed by atoms with Crippen molar-refractivity contribution in [2.75, 3.05) is 9.80 Å². The molecule has 2 aliphatic heterocycles. The average Bonchev–Trinajstić information content (AvgIpc) is 3.17. The van der Waals surface area contributed by atoms with Gasteiger partial charge in [-0.2, -0.15) is 0 Å². The lowest BCUT2D eigenvalue weighted by Gasteiger charge is -2.23. The van der Waals surface area contributed by atoms with E-state index >= 15 is 0 Å². The van der Waals surface area contributed by atoms with E-state index in [1.807, 2.05) is 82.6 Å². The number of benzene rings is 4. The molecule has 0 fully saturated rings. The quantitative estimate of drug-likeness (QED) is 0.277. The summed E-state index contributed by atoms with van der Waals surface area (Å²) < 4.78 is 0. The predicted octanol–water partition coefficient (Wildman–Crippen LogP) is 6.94. The van der Waals surface area contributed by atoms with Crippen LogP contribution >= 0.6 is 0 Å². The summed E-state index contributed by atoms with van der Waals surface area (Å²) in [5.41, 5.74) is 9.05. The van der Waals surface area contributed by atoms with Crippen molar-refractivity contribution < 1.29 is 9.59 Å². The molecule has 0 bridgehead atoms. The number of hydrogen-bond donors (Lipinski definition) is 0. The normalized spacial score (nSPS) is 13.5. The number of fused-ring (bicyclic) bond motifs is 4. The van der Waals surface area contributed by atoms with Gasteiger partial charge in [-0.15, -0.1) is 0 Å². The van der Waals surface area contributed by atoms with E-state index in [4.69, 9.17) is 0 Å². The van der Waals surface area contributed by atoms with Crippen LogP contribution in [-0.4, -0.2) is 11.8 Å². The van der Waals surface area contributed by atoms with Crippen molar-refractivity contribution in [1.29, 1.82) is 0 Å². The van der Waals surface area contributed by atoms with E-state index in [-0.39, 0.29) is 11.8 Å². The lowest BCUT2D eigenvalue weighted by atomic mass is 10.0. The number of anilines is 4. The Kier molecular flexibility index (Phi) is 6.68. The molecule has 36 heavy (non-hydrogen) atoms. The maximum absolute atomic E-state index is 12.0. The molecule has 2 amide bonds. The molecule has 0 saturated heterocycles. The van der Waals surface area contributed by atoms with Gasteiger partial charge in [0, 0.05) is 13.8 Å². The first-order valence-corrected chi connectivity index (χ1v) is 12.5. The molecule has 4 nitrogen and oxygen atoms in total. The monoisotopic (exact) mass is 474 g/mol. The standard InChI is InChI=1S/2C16H15NO/c2*1-12(18)17-15-8-4-2-6-13(15)10-11-14-7-3-5-9-16(14)17/h2*2-9H,10-11H2,1H3. The highest BCUT2D eigenvalue weighted by molar-refractivity contribution is 6.01. The maximum Gasteiger partial charge on any atom is 0.228 e. The second-order valence-corrected chi connectivity index (χ2v) is 9.22. The Morgan fingerprint density at radius 2 is 0.667 bits per heavy atom. The summed E-state index contributed by atoms with van der Waals surface area (Å²) >= 11 is 0. The highest BCUT2D eigenvalue weighted by Crippen LogP contribution is 2.37. The molecule has 2 heterocycles. The smallest absolute Gasteiger partial charge is 0.228 e. The van der Waals surface area contributed by atoms with Crippen LogP contribution in [0.2, 0.25) is 0 Å². The highest BCUT2D eigenvalue weighted by atomic mass is 16.2. The molecule has 0 saturated carbocycles. The molecule has 0 radical (unpaired) electrons. The first-order chi connectivity index (χ1) is 17.5. The summed E-state index contributed by atoms with van der Waals surface area (Å²) in [5.74, 6) is 0.133. The largest absolute Gasteiger partial charge is 0.281 e. The molecule has 4 aromatic rings. The molecule has 180 valence electrons. The van der Waals surface area contributed by atoms with E-state index in [1.54, 1.807) is 13.8 Å². The molecule has 4 heteroatoms. The van der Waals surface area contributed by atoms with Gasteiger partial charge in [0.05, 0.1) is 22.7 Å². The first-order valence-electron chi connectivity index (χ1n) is 12.5. The van der Waals surface area contributed by atoms with Crippen molar-refractivity contribution in [1.82, 2.24) is 0 Å². The van der Waals surface area contributed by atoms with Crippen LogP contribution in [0.25, 0.3) is 0 Å². The lowest BCUT2D eigenvalue weighted by Crippen LogP contribution is -2.23. The van der Waals surface area contributed by atoms with E-state index in [1.165, 1.54) is 22.3 Å². The molecular formula is C32H30N2O2. The second-order valence-electron chi connectivity index (χ2n) is 9.22. The van der Waals surface area contributed by atoms with Crippen molar-refractivity contribution in [2.45, 2.75) is 39.5 Å². The summed E-state index contributed by atoms with van der Waals surface area (Å²) in [5, 5.41) is 0. The SMILES string of the molecule is CC(=O)N1c2ccccc2CCc2ccccc21.CC(=O)N1c2ccccc2CCc2ccccc21. The average molecular weight is 475 g/mol. The Hall–Kier alpha value is -4.18. The minimum absolute atomic E-state index is 0.0665. The van der Waals surface area contributed by atoms with Crippen LogP contribution in [0, 0.1) is 0 Å². The molecule has 6 rings (SSSR count). The molecule has 0 atom stereocenters. The summed E-state index contributed by atoms with van der Waals surface area (Å²) in [6.07, 6.45) is 3.93. The topological polar surface area (TPSA) is 40.6 Å². The zero-order chi connectivity index (χ0) is 25.1. The zero-order valence-corrected chi connectivity index (χ0v) is 20.8. The third kappa shape index (κ3) is 4.55. The zero-order valence-electron chi connectivity index (χ0n) is 20.8. The van der Waals surface area contributed by atoms with E-state index in [9.17, 15) is 9.59 Å². The number of hydrogen-bond acceptors (Lipinski definition) is 2. The van der Waals surface area contributed by atoms with Gasteiger partial charge < -0.3 is 0 Å². The maximum atomic E-state index is 12.0. The summed E-state index contributed by atoms with van der Waals surface area (Å²) in [6.45, 7) is 3.25. The summed E-state index contributed by atoms with van der Waals surface area (Å²) in [7, 11) is 0. The van der Waals surface area contributed by atoms with E-state index in [0.29, 0.717) is 0 Å². The number of carbonyl (C=O) groups excluding carboxylic acids is 2. The lowest BCUT2D eigenvalue weighted by molar-refractivity contribution is -0.116. The number of aryl methyl sites for hydroxylation is 4. The van der Waals surface area contributed by atoms with Gasteiger partial charge in [0.15, 0.2) is 0 Å². The van der Waals surface area contributed by atoms with Crippen LogP contribution in [0.5, 0.6) is 0 Å². The molecule has 0 aromatic heterocycles. The predicted molar refractivity (Wildman–Crippen MR) is 146 cm³/mol. The van der Waals surface area contributed by atoms with Crippen molar-refractivity contribution in [3.63, 3.8) is 0 Å². The van der Waals surface area contributed by atoms with Gasteiger partial charge in [0.1, 0.15) is 0 Å². The van der Waals surface area contributed by atoms with Crippen molar-refractivity contribution >= 4 is 34.6 Å². The molecule has 0 aliphatic carbocycles. The molecule has 0 unspecified atom stereocenters. The van der Waals surface area contributed by atoms with Crippen LogP contribution in [0.1, 0.15) is 36.1 Å². The third-order valence-electron chi connectivity index (χ3n) is 6.89. The Balaban J connectivity index is 0.000000148. The number of para-hydroxylation sites is 4. The second kappa shape index (κ2) is 10.2. The highest BCUT2D eigenvalue weighted by Gasteiger charge is 2.23. The Bertz CT molecular complexity index is 1220. The van der Waals surface area contributed by atoms with Crippen molar-refractivity contribution in [2.24, 2.45) is 0 Å². The van der Waals surface area contributed by atoms with Gasteiger partial charge in [0.25, 0.3) is 0 Å². The van der Waals surface area contributed by atoms with Gasteiger partial charge in [-0.05, 0) is 72.2 Å². The van der Waals surface area contributed by atoms with Crippen LogP contribution in [0.4, 0.5) is 22.7 Å². The van der Waals surface area contributed by atoms with Gasteiger partial charge in [-0.25, -0.2) is 0 Å². The Morgan fingerprint density at radius 3 is 0.889 bits per heavy atom. The fourth-order valence-corrected chi connectivity index (χ4v) is 5.24. The molecule has 0 N–H and O–H groups in total. The molecular weight excluding hydrogens is 444 g/mol. The van der Waals surface area contributed by atoms with E-state index < -0.39 is 0 Å². The third-order valence-corrected chi connectivity index (χ3v) is 6.89. The summed E-state index contributed by atoms with van der Waals surface area (Å²) in [4.78, 5) is 27.7. The van der Waals surface area contributed by atoms with Gasteiger partial charge >= 0.3 is 0 Å². The molecule has 4 aromatic carbocycles. The van der Waals surface area contributed by atoms with Crippen LogP contribution < -0.4 is 9.80 Å². The molecule has 2 aliphatic rings. The molecule has 0 spiro atoms. The number of nitrogens with zero attached hydrogens (tertiary/aromatic N) is 2.